The molecule has 0 saturated carbocycles. The lowest BCUT2D eigenvalue weighted by molar-refractivity contribution is -0.109. The Labute approximate surface area is 184 Å². The summed E-state index contributed by atoms with van der Waals surface area (Å²) < 4.78 is 1.93. The zero-order chi connectivity index (χ0) is 21.8. The van der Waals surface area contributed by atoms with Crippen LogP contribution in [-0.4, -0.2) is 57.3 Å². The van der Waals surface area contributed by atoms with Crippen molar-refractivity contribution in [2.75, 3.05) is 19.0 Å². The van der Waals surface area contributed by atoms with Gasteiger partial charge in [0, 0.05) is 44.1 Å². The first kappa shape index (κ1) is 21.1. The van der Waals surface area contributed by atoms with E-state index in [0.717, 1.165) is 34.9 Å². The Hall–Kier alpha value is -3.14. The average molecular weight is 440 g/mol. The van der Waals surface area contributed by atoms with Gasteiger partial charge in [-0.25, -0.2) is 9.67 Å². The Bertz CT molecular complexity index is 1060. The maximum absolute atomic E-state index is 12.5. The van der Waals surface area contributed by atoms with Crippen LogP contribution >= 0.6 is 11.8 Å². The molecular weight excluding hydrogens is 414 g/mol. The molecule has 0 bridgehead atoms. The van der Waals surface area contributed by atoms with Crippen molar-refractivity contribution in [3.8, 4) is 0 Å². The van der Waals surface area contributed by atoms with Crippen molar-refractivity contribution in [1.82, 2.24) is 30.3 Å². The van der Waals surface area contributed by atoms with Crippen LogP contribution in [0.2, 0.25) is 0 Å². The Kier molecular flexibility index (Phi) is 6.36. The van der Waals surface area contributed by atoms with E-state index in [4.69, 9.17) is 5.10 Å². The van der Waals surface area contributed by atoms with E-state index >= 15 is 0 Å². The second kappa shape index (κ2) is 9.34. The van der Waals surface area contributed by atoms with E-state index in [2.05, 4.69) is 20.5 Å². The summed E-state index contributed by atoms with van der Waals surface area (Å²) in [7, 11) is 3.98. The van der Waals surface area contributed by atoms with E-state index in [1.165, 1.54) is 5.56 Å². The third-order valence-electron chi connectivity index (χ3n) is 5.09. The van der Waals surface area contributed by atoms with Gasteiger partial charge in [-0.15, -0.1) is 5.10 Å². The number of anilines is 1. The first-order valence-corrected chi connectivity index (χ1v) is 11.3. The number of carbonyl (C=O) groups is 2. The quantitative estimate of drug-likeness (QED) is 0.489. The van der Waals surface area contributed by atoms with Crippen LogP contribution in [0, 0.1) is 0 Å². The highest BCUT2D eigenvalue weighted by Gasteiger charge is 2.24. The first-order chi connectivity index (χ1) is 15.0. The van der Waals surface area contributed by atoms with Crippen molar-refractivity contribution in [2.45, 2.75) is 36.9 Å². The molecule has 1 amide bonds. The van der Waals surface area contributed by atoms with Crippen molar-refractivity contribution < 1.29 is 9.59 Å². The first-order valence-electron chi connectivity index (χ1n) is 10.1. The lowest BCUT2D eigenvalue weighted by Gasteiger charge is -2.18. The summed E-state index contributed by atoms with van der Waals surface area (Å²) in [6, 6.07) is 9.16. The van der Waals surface area contributed by atoms with E-state index in [1.807, 2.05) is 65.8 Å². The molecule has 4 rings (SSSR count). The molecule has 0 radical (unpaired) electrons. The Morgan fingerprint density at radius 3 is 2.87 bits per heavy atom. The van der Waals surface area contributed by atoms with Gasteiger partial charge in [0.15, 0.2) is 0 Å². The Morgan fingerprint density at radius 1 is 1.32 bits per heavy atom. The molecule has 31 heavy (non-hydrogen) atoms. The van der Waals surface area contributed by atoms with Gasteiger partial charge >= 0.3 is 0 Å². The van der Waals surface area contributed by atoms with Crippen LogP contribution in [0.3, 0.4) is 0 Å². The van der Waals surface area contributed by atoms with Crippen molar-refractivity contribution in [3.63, 3.8) is 0 Å². The number of benzene rings is 1. The fourth-order valence-electron chi connectivity index (χ4n) is 3.64. The molecule has 2 aromatic heterocycles. The lowest BCUT2D eigenvalue weighted by Crippen LogP contribution is -2.37. The smallest absolute Gasteiger partial charge is 0.291 e. The lowest BCUT2D eigenvalue weighted by atomic mass is 10.1. The highest BCUT2D eigenvalue weighted by molar-refractivity contribution is 7.98. The predicted octanol–water partition coefficient (Wildman–Crippen LogP) is 1.79. The van der Waals surface area contributed by atoms with E-state index in [9.17, 15) is 9.59 Å². The molecule has 162 valence electrons. The summed E-state index contributed by atoms with van der Waals surface area (Å²) in [5, 5.41) is 14.2. The van der Waals surface area contributed by atoms with Gasteiger partial charge in [-0.3, -0.25) is 9.89 Å². The van der Waals surface area contributed by atoms with Gasteiger partial charge in [0.05, 0.1) is 11.7 Å². The zero-order valence-corrected chi connectivity index (χ0v) is 18.4. The topological polar surface area (TPSA) is 109 Å². The number of thioether (sulfide) groups is 1. The molecule has 1 aromatic carbocycles. The summed E-state index contributed by atoms with van der Waals surface area (Å²) in [5.41, 5.74) is 3.43. The summed E-state index contributed by atoms with van der Waals surface area (Å²) in [6.45, 7) is 0.530. The van der Waals surface area contributed by atoms with Gasteiger partial charge in [-0.1, -0.05) is 30.3 Å². The van der Waals surface area contributed by atoms with Crippen LogP contribution in [0.5, 0.6) is 0 Å². The standard InChI is InChI=1S/C21H25N7O2S/c1-27(2)21-16-12-31-13-17(16)26-28(21)9-8-15(11-29)22-20(30)19-23-18(24-25-19)10-14-6-4-3-5-7-14/h3-7,11,15H,8-10,12-13H2,1-2H3,(H,22,30)(H,23,24,25). The van der Waals surface area contributed by atoms with Gasteiger partial charge in [0.25, 0.3) is 5.91 Å². The number of aryl methyl sites for hydroxylation is 1. The highest BCUT2D eigenvalue weighted by atomic mass is 32.2. The van der Waals surface area contributed by atoms with E-state index < -0.39 is 11.9 Å². The summed E-state index contributed by atoms with van der Waals surface area (Å²) in [4.78, 5) is 30.4. The third-order valence-corrected chi connectivity index (χ3v) is 6.07. The number of fused-ring (bicyclic) bond motifs is 1. The van der Waals surface area contributed by atoms with Crippen LogP contribution in [0.15, 0.2) is 30.3 Å². The minimum atomic E-state index is -0.646. The number of amides is 1. The maximum Gasteiger partial charge on any atom is 0.291 e. The summed E-state index contributed by atoms with van der Waals surface area (Å²) in [6.07, 6.45) is 1.73. The van der Waals surface area contributed by atoms with Crippen LogP contribution in [0.1, 0.15) is 39.7 Å². The molecule has 3 aromatic rings. The van der Waals surface area contributed by atoms with Crippen LogP contribution in [0.4, 0.5) is 5.82 Å². The monoisotopic (exact) mass is 439 g/mol. The van der Waals surface area contributed by atoms with Crippen LogP contribution in [0.25, 0.3) is 0 Å². The number of hydrogen-bond donors (Lipinski definition) is 2. The van der Waals surface area contributed by atoms with Gasteiger partial charge in [0.1, 0.15) is 17.9 Å². The van der Waals surface area contributed by atoms with Gasteiger partial charge in [-0.2, -0.15) is 16.9 Å². The highest BCUT2D eigenvalue weighted by Crippen LogP contribution is 2.35. The van der Waals surface area contributed by atoms with Gasteiger partial charge in [0.2, 0.25) is 5.82 Å². The molecule has 0 saturated heterocycles. The van der Waals surface area contributed by atoms with Crippen molar-refractivity contribution in [1.29, 1.82) is 0 Å². The fraction of sp³-hybridized carbons (Fsp3) is 0.381. The molecule has 0 fully saturated rings. The number of H-pyrrole nitrogens is 1. The summed E-state index contributed by atoms with van der Waals surface area (Å²) in [5.74, 6) is 3.08. The molecule has 3 heterocycles. The third kappa shape index (κ3) is 4.79. The Balaban J connectivity index is 1.36. The normalized spacial score (nSPS) is 13.6. The van der Waals surface area contributed by atoms with Crippen LogP contribution < -0.4 is 10.2 Å². The molecular formula is C21H25N7O2S. The summed E-state index contributed by atoms with van der Waals surface area (Å²) >= 11 is 1.85. The Morgan fingerprint density at radius 2 is 2.13 bits per heavy atom. The van der Waals surface area contributed by atoms with E-state index in [0.29, 0.717) is 25.2 Å². The largest absolute Gasteiger partial charge is 0.363 e. The van der Waals surface area contributed by atoms with E-state index in [-0.39, 0.29) is 5.82 Å². The molecule has 1 unspecified atom stereocenters. The number of hydrogen-bond acceptors (Lipinski definition) is 7. The van der Waals surface area contributed by atoms with Crippen molar-refractivity contribution in [2.24, 2.45) is 0 Å². The molecule has 1 aliphatic rings. The molecule has 0 aliphatic carbocycles. The van der Waals surface area contributed by atoms with Crippen LogP contribution in [-0.2, 0) is 29.3 Å². The molecule has 1 atom stereocenters. The average Bonchev–Trinajstić information content (AvgIpc) is 3.47. The minimum absolute atomic E-state index is 0.0295. The molecule has 2 N–H and O–H groups in total. The molecule has 0 spiro atoms. The van der Waals surface area contributed by atoms with Gasteiger partial charge < -0.3 is 15.0 Å². The molecule has 1 aliphatic heterocycles. The predicted molar refractivity (Wildman–Crippen MR) is 119 cm³/mol. The number of aldehydes is 1. The minimum Gasteiger partial charge on any atom is -0.363 e. The van der Waals surface area contributed by atoms with Gasteiger partial charge in [-0.05, 0) is 12.0 Å². The van der Waals surface area contributed by atoms with Crippen molar-refractivity contribution >= 4 is 29.8 Å². The SMILES string of the molecule is CN(C)c1c2c(nn1CCC(C=O)NC(=O)c1n[nH]c(Cc3ccccc3)n1)CSC2. The van der Waals surface area contributed by atoms with E-state index in [1.54, 1.807) is 0 Å². The zero-order valence-electron chi connectivity index (χ0n) is 17.5. The second-order valence-electron chi connectivity index (χ2n) is 7.63. The second-order valence-corrected chi connectivity index (χ2v) is 8.62. The number of carbonyl (C=O) groups excluding carboxylic acids is 2. The maximum atomic E-state index is 12.5. The number of nitrogens with one attached hydrogen (secondary N) is 2. The molecule has 10 heteroatoms. The number of aromatic nitrogens is 5. The number of aromatic amines is 1. The number of nitrogens with zero attached hydrogens (tertiary/aromatic N) is 5. The fourth-order valence-corrected chi connectivity index (χ4v) is 4.67. The van der Waals surface area contributed by atoms with Crippen molar-refractivity contribution in [3.05, 3.63) is 58.8 Å². The number of rotatable bonds is 9. The molecule has 9 nitrogen and oxygen atoms in total.